The molecule has 0 aromatic rings. The molecule has 0 N–H and O–H groups in total. The Hall–Kier alpha value is -0.110. The minimum Gasteiger partial charge on any atom is -0.363 e. The minimum atomic E-state index is 0.171. The Morgan fingerprint density at radius 1 is 1.45 bits per heavy atom. The van der Waals surface area contributed by atoms with E-state index in [0.29, 0.717) is 6.04 Å². The monoisotopic (exact) mass is 171 g/mol. The van der Waals surface area contributed by atoms with E-state index in [1.807, 2.05) is 0 Å². The van der Waals surface area contributed by atoms with Crippen molar-refractivity contribution >= 4 is 17.2 Å². The van der Waals surface area contributed by atoms with Gasteiger partial charge in [0.15, 0.2) is 0 Å². The first-order valence-corrected chi connectivity index (χ1v) is 4.65. The van der Waals surface area contributed by atoms with E-state index in [2.05, 4.69) is 32.6 Å². The Labute approximate surface area is 74.8 Å². The molecule has 11 heavy (non-hydrogen) atoms. The first-order chi connectivity index (χ1) is 4.93. The quantitative estimate of drug-likeness (QED) is 0.515. The van der Waals surface area contributed by atoms with E-state index in [0.717, 1.165) is 11.5 Å². The Morgan fingerprint density at radius 3 is 2.09 bits per heavy atom. The Morgan fingerprint density at radius 2 is 2.00 bits per heavy atom. The van der Waals surface area contributed by atoms with Crippen LogP contribution in [0.1, 0.15) is 34.1 Å². The molecule has 64 valence electrons. The van der Waals surface area contributed by atoms with Crippen LogP contribution in [0.15, 0.2) is 0 Å². The molecule has 1 rings (SSSR count). The van der Waals surface area contributed by atoms with E-state index in [4.69, 9.17) is 12.2 Å². The van der Waals surface area contributed by atoms with Gasteiger partial charge in [0.1, 0.15) is 0 Å². The van der Waals surface area contributed by atoms with Gasteiger partial charge in [-0.25, -0.2) is 0 Å². The van der Waals surface area contributed by atoms with Gasteiger partial charge in [-0.2, -0.15) is 0 Å². The third-order valence-electron chi connectivity index (χ3n) is 2.22. The number of rotatable bonds is 0. The van der Waals surface area contributed by atoms with Gasteiger partial charge in [0, 0.05) is 18.0 Å². The van der Waals surface area contributed by atoms with Crippen LogP contribution in [0.5, 0.6) is 0 Å². The first kappa shape index (κ1) is 8.98. The number of nitrogens with zero attached hydrogens (tertiary/aromatic N) is 1. The number of hydrogen-bond donors (Lipinski definition) is 0. The molecule has 2 heteroatoms. The highest BCUT2D eigenvalue weighted by Gasteiger charge is 2.31. The molecule has 0 aromatic heterocycles. The second kappa shape index (κ2) is 2.74. The lowest BCUT2D eigenvalue weighted by atomic mass is 9.92. The molecular formula is C9H17NS. The van der Waals surface area contributed by atoms with Gasteiger partial charge in [0.25, 0.3) is 0 Å². The highest BCUT2D eigenvalue weighted by molar-refractivity contribution is 7.80. The second-order valence-corrected chi connectivity index (χ2v) is 4.77. The Kier molecular flexibility index (Phi) is 2.24. The molecule has 0 aliphatic carbocycles. The molecule has 1 aliphatic heterocycles. The van der Waals surface area contributed by atoms with Gasteiger partial charge >= 0.3 is 0 Å². The van der Waals surface area contributed by atoms with Gasteiger partial charge in [0.2, 0.25) is 0 Å². The smallest absolute Gasteiger partial charge is 0.0836 e. The molecule has 0 amide bonds. The Bertz CT molecular complexity index is 169. The summed E-state index contributed by atoms with van der Waals surface area (Å²) < 4.78 is 0. The molecule has 0 aromatic carbocycles. The molecule has 0 bridgehead atoms. The van der Waals surface area contributed by atoms with E-state index in [9.17, 15) is 0 Å². The van der Waals surface area contributed by atoms with Crippen LogP contribution in [0.4, 0.5) is 0 Å². The lowest BCUT2D eigenvalue weighted by Crippen LogP contribution is -2.52. The molecule has 1 heterocycles. The van der Waals surface area contributed by atoms with Gasteiger partial charge in [-0.05, 0) is 13.3 Å². The molecule has 0 radical (unpaired) electrons. The van der Waals surface area contributed by atoms with Crippen LogP contribution in [-0.4, -0.2) is 22.5 Å². The fourth-order valence-corrected chi connectivity index (χ4v) is 1.52. The van der Waals surface area contributed by atoms with Crippen LogP contribution >= 0.6 is 12.2 Å². The van der Waals surface area contributed by atoms with Crippen molar-refractivity contribution in [1.82, 2.24) is 4.90 Å². The highest BCUT2D eigenvalue weighted by atomic mass is 32.1. The molecule has 1 atom stereocenters. The van der Waals surface area contributed by atoms with Crippen LogP contribution < -0.4 is 0 Å². The maximum absolute atomic E-state index is 5.37. The van der Waals surface area contributed by atoms with Crippen LogP contribution in [0.25, 0.3) is 0 Å². The highest BCUT2D eigenvalue weighted by Crippen LogP contribution is 2.26. The zero-order valence-corrected chi connectivity index (χ0v) is 8.66. The summed E-state index contributed by atoms with van der Waals surface area (Å²) in [6, 6.07) is 0.682. The summed E-state index contributed by atoms with van der Waals surface area (Å²) in [6.45, 7) is 9.94. The van der Waals surface area contributed by atoms with Gasteiger partial charge in [-0.1, -0.05) is 33.0 Å². The lowest BCUT2D eigenvalue weighted by molar-refractivity contribution is 0.190. The summed E-state index contributed by atoms with van der Waals surface area (Å²) in [5.41, 5.74) is 0.171. The Balaban J connectivity index is 2.55. The van der Waals surface area contributed by atoms with Gasteiger partial charge in [-0.3, -0.25) is 0 Å². The summed E-state index contributed by atoms with van der Waals surface area (Å²) in [5, 5.41) is 0. The zero-order chi connectivity index (χ0) is 8.65. The van der Waals surface area contributed by atoms with Gasteiger partial charge in [-0.15, -0.1) is 0 Å². The van der Waals surface area contributed by atoms with Gasteiger partial charge < -0.3 is 4.90 Å². The largest absolute Gasteiger partial charge is 0.363 e. The normalized spacial score (nSPS) is 24.7. The SMILES string of the molecule is C[C@H]1CCN1C(=S)C(C)(C)C. The van der Waals surface area contributed by atoms with Crippen molar-refractivity contribution in [3.05, 3.63) is 0 Å². The molecule has 1 saturated heterocycles. The molecular weight excluding hydrogens is 154 g/mol. The van der Waals surface area contributed by atoms with E-state index in [1.54, 1.807) is 0 Å². The average molecular weight is 171 g/mol. The molecule has 0 spiro atoms. The maximum atomic E-state index is 5.37. The zero-order valence-electron chi connectivity index (χ0n) is 7.85. The fourth-order valence-electron chi connectivity index (χ4n) is 1.25. The standard InChI is InChI=1S/C9H17NS/c1-7-5-6-10(7)8(11)9(2,3)4/h7H,5-6H2,1-4H3/t7-/m0/s1. The van der Waals surface area contributed by atoms with E-state index in [-0.39, 0.29) is 5.41 Å². The third-order valence-corrected chi connectivity index (χ3v) is 3.07. The lowest BCUT2D eigenvalue weighted by Gasteiger charge is -2.44. The third kappa shape index (κ3) is 1.73. The van der Waals surface area contributed by atoms with Crippen LogP contribution in [0.2, 0.25) is 0 Å². The number of thiocarbonyl (C=S) groups is 1. The predicted molar refractivity (Wildman–Crippen MR) is 52.8 cm³/mol. The number of likely N-dealkylation sites (tertiary alicyclic amines) is 1. The second-order valence-electron chi connectivity index (χ2n) is 4.39. The molecule has 0 saturated carbocycles. The minimum absolute atomic E-state index is 0.171. The summed E-state index contributed by atoms with van der Waals surface area (Å²) in [7, 11) is 0. The van der Waals surface area contributed by atoms with Crippen molar-refractivity contribution in [2.45, 2.75) is 40.2 Å². The van der Waals surface area contributed by atoms with Crippen molar-refractivity contribution in [3.63, 3.8) is 0 Å². The predicted octanol–water partition coefficient (Wildman–Crippen LogP) is 2.45. The van der Waals surface area contributed by atoms with Crippen molar-refractivity contribution in [1.29, 1.82) is 0 Å². The van der Waals surface area contributed by atoms with E-state index >= 15 is 0 Å². The van der Waals surface area contributed by atoms with Crippen LogP contribution in [-0.2, 0) is 0 Å². The maximum Gasteiger partial charge on any atom is 0.0836 e. The van der Waals surface area contributed by atoms with Crippen LogP contribution in [0, 0.1) is 5.41 Å². The molecule has 1 aliphatic rings. The number of hydrogen-bond acceptors (Lipinski definition) is 1. The molecule has 1 nitrogen and oxygen atoms in total. The van der Waals surface area contributed by atoms with E-state index < -0.39 is 0 Å². The molecule has 0 unspecified atom stereocenters. The van der Waals surface area contributed by atoms with E-state index in [1.165, 1.54) is 6.42 Å². The van der Waals surface area contributed by atoms with Crippen molar-refractivity contribution in [2.24, 2.45) is 5.41 Å². The summed E-state index contributed by atoms with van der Waals surface area (Å²) in [5.74, 6) is 0. The molecule has 1 fully saturated rings. The van der Waals surface area contributed by atoms with Gasteiger partial charge in [0.05, 0.1) is 4.99 Å². The van der Waals surface area contributed by atoms with Crippen molar-refractivity contribution in [2.75, 3.05) is 6.54 Å². The first-order valence-electron chi connectivity index (χ1n) is 4.24. The van der Waals surface area contributed by atoms with Crippen molar-refractivity contribution in [3.8, 4) is 0 Å². The van der Waals surface area contributed by atoms with Crippen LogP contribution in [0.3, 0.4) is 0 Å². The average Bonchev–Trinajstić information content (AvgIpc) is 1.83. The topological polar surface area (TPSA) is 3.24 Å². The van der Waals surface area contributed by atoms with Crippen molar-refractivity contribution < 1.29 is 0 Å². The fraction of sp³-hybridized carbons (Fsp3) is 0.889. The summed E-state index contributed by atoms with van der Waals surface area (Å²) in [4.78, 5) is 3.45. The summed E-state index contributed by atoms with van der Waals surface area (Å²) in [6.07, 6.45) is 1.30. The summed E-state index contributed by atoms with van der Waals surface area (Å²) >= 11 is 5.37.